The number of carbonyl (C=O) groups excluding carboxylic acids is 1. The summed E-state index contributed by atoms with van der Waals surface area (Å²) in [5, 5.41) is 12.3. The zero-order chi connectivity index (χ0) is 14.0. The van der Waals surface area contributed by atoms with E-state index in [1.807, 2.05) is 0 Å². The third kappa shape index (κ3) is 2.25. The normalized spacial score (nSPS) is 17.6. The van der Waals surface area contributed by atoms with Crippen LogP contribution in [0.4, 0.5) is 0 Å². The Labute approximate surface area is 117 Å². The molecule has 1 fully saturated rings. The third-order valence-electron chi connectivity index (χ3n) is 3.96. The number of H-pyrrole nitrogens is 1. The van der Waals surface area contributed by atoms with Gasteiger partial charge in [-0.1, -0.05) is 19.3 Å². The Hall–Kier alpha value is -2.35. The summed E-state index contributed by atoms with van der Waals surface area (Å²) in [7, 11) is 0. The number of benzene rings is 1. The van der Waals surface area contributed by atoms with Crippen LogP contribution in [-0.4, -0.2) is 21.4 Å². The summed E-state index contributed by atoms with van der Waals surface area (Å²) in [5.41, 5.74) is 1.52. The average Bonchev–Trinajstić information content (AvgIpc) is 2.95. The number of carbonyl (C=O) groups is 1. The number of fused-ring (bicyclic) bond motifs is 1. The smallest absolute Gasteiger partial charge is 0.252 e. The zero-order valence-electron chi connectivity index (χ0n) is 11.1. The van der Waals surface area contributed by atoms with Gasteiger partial charge in [-0.15, -0.1) is 0 Å². The molecule has 102 valence electrons. The van der Waals surface area contributed by atoms with E-state index in [9.17, 15) is 10.1 Å². The van der Waals surface area contributed by atoms with Crippen molar-refractivity contribution in [2.45, 2.75) is 37.6 Å². The van der Waals surface area contributed by atoms with E-state index in [4.69, 9.17) is 0 Å². The molecule has 1 aromatic heterocycles. The molecule has 5 heteroatoms. The molecular weight excluding hydrogens is 252 g/mol. The number of hydrogen-bond acceptors (Lipinski definition) is 3. The molecule has 2 N–H and O–H groups in total. The third-order valence-corrected chi connectivity index (χ3v) is 3.96. The van der Waals surface area contributed by atoms with E-state index in [2.05, 4.69) is 21.4 Å². The average molecular weight is 268 g/mol. The molecule has 1 saturated carbocycles. The second kappa shape index (κ2) is 4.97. The van der Waals surface area contributed by atoms with Gasteiger partial charge in [0.25, 0.3) is 5.91 Å². The summed E-state index contributed by atoms with van der Waals surface area (Å²) in [6.07, 6.45) is 6.20. The minimum atomic E-state index is -0.696. The molecular formula is C15H16N4O. The van der Waals surface area contributed by atoms with Gasteiger partial charge < -0.3 is 10.3 Å². The highest BCUT2D eigenvalue weighted by atomic mass is 16.1. The van der Waals surface area contributed by atoms with Crippen LogP contribution in [0.25, 0.3) is 11.0 Å². The van der Waals surface area contributed by atoms with E-state index in [-0.39, 0.29) is 5.91 Å². The molecule has 3 rings (SSSR count). The van der Waals surface area contributed by atoms with E-state index in [0.717, 1.165) is 43.1 Å². The number of nitrogens with zero attached hydrogens (tertiary/aromatic N) is 2. The molecule has 1 aromatic carbocycles. The first-order chi connectivity index (χ1) is 9.72. The van der Waals surface area contributed by atoms with Crippen molar-refractivity contribution in [2.24, 2.45) is 0 Å². The van der Waals surface area contributed by atoms with Gasteiger partial charge in [0.2, 0.25) is 0 Å². The van der Waals surface area contributed by atoms with E-state index in [0.29, 0.717) is 5.56 Å². The van der Waals surface area contributed by atoms with E-state index >= 15 is 0 Å². The predicted molar refractivity (Wildman–Crippen MR) is 75.0 cm³/mol. The van der Waals surface area contributed by atoms with Crippen molar-refractivity contribution >= 4 is 16.9 Å². The number of nitrogens with one attached hydrogen (secondary N) is 2. The van der Waals surface area contributed by atoms with Crippen LogP contribution in [0.15, 0.2) is 24.5 Å². The van der Waals surface area contributed by atoms with Crippen molar-refractivity contribution in [3.63, 3.8) is 0 Å². The van der Waals surface area contributed by atoms with Crippen molar-refractivity contribution in [3.05, 3.63) is 30.1 Å². The second-order valence-corrected chi connectivity index (χ2v) is 5.34. The summed E-state index contributed by atoms with van der Waals surface area (Å²) >= 11 is 0. The molecule has 20 heavy (non-hydrogen) atoms. The van der Waals surface area contributed by atoms with Crippen LogP contribution in [0.3, 0.4) is 0 Å². The molecule has 5 nitrogen and oxygen atoms in total. The fourth-order valence-electron chi connectivity index (χ4n) is 2.79. The summed E-state index contributed by atoms with van der Waals surface area (Å²) in [6.45, 7) is 0. The fraction of sp³-hybridized carbons (Fsp3) is 0.400. The van der Waals surface area contributed by atoms with Crippen molar-refractivity contribution in [3.8, 4) is 6.07 Å². The Kier molecular flexibility index (Phi) is 3.15. The van der Waals surface area contributed by atoms with Gasteiger partial charge in [0.1, 0.15) is 5.54 Å². The van der Waals surface area contributed by atoms with E-state index in [1.54, 1.807) is 24.5 Å². The molecule has 0 bridgehead atoms. The Bertz CT molecular complexity index is 676. The van der Waals surface area contributed by atoms with Crippen molar-refractivity contribution in [1.29, 1.82) is 5.26 Å². The maximum atomic E-state index is 12.3. The van der Waals surface area contributed by atoms with Gasteiger partial charge in [0.05, 0.1) is 23.4 Å². The summed E-state index contributed by atoms with van der Waals surface area (Å²) < 4.78 is 0. The van der Waals surface area contributed by atoms with Crippen LogP contribution in [0.2, 0.25) is 0 Å². The van der Waals surface area contributed by atoms with Gasteiger partial charge in [-0.25, -0.2) is 4.98 Å². The first-order valence-electron chi connectivity index (χ1n) is 6.89. The minimum absolute atomic E-state index is 0.190. The summed E-state index contributed by atoms with van der Waals surface area (Å²) in [6, 6.07) is 7.62. The van der Waals surface area contributed by atoms with Gasteiger partial charge in [0, 0.05) is 5.56 Å². The van der Waals surface area contributed by atoms with Crippen LogP contribution < -0.4 is 5.32 Å². The Balaban J connectivity index is 1.83. The number of hydrogen-bond donors (Lipinski definition) is 2. The summed E-state index contributed by atoms with van der Waals surface area (Å²) in [5.74, 6) is -0.190. The lowest BCUT2D eigenvalue weighted by Gasteiger charge is -2.31. The van der Waals surface area contributed by atoms with Gasteiger partial charge >= 0.3 is 0 Å². The van der Waals surface area contributed by atoms with Crippen molar-refractivity contribution < 1.29 is 4.79 Å². The highest BCUT2D eigenvalue weighted by Gasteiger charge is 2.33. The maximum Gasteiger partial charge on any atom is 0.252 e. The van der Waals surface area contributed by atoms with Crippen molar-refractivity contribution in [1.82, 2.24) is 15.3 Å². The van der Waals surface area contributed by atoms with E-state index < -0.39 is 5.54 Å². The Morgan fingerprint density at radius 2 is 2.15 bits per heavy atom. The van der Waals surface area contributed by atoms with Gasteiger partial charge in [-0.2, -0.15) is 5.26 Å². The molecule has 0 saturated heterocycles. The standard InChI is InChI=1S/C15H16N4O/c16-9-15(6-2-1-3-7-15)19-14(20)11-4-5-12-13(8-11)18-10-17-12/h4-5,8,10H,1-3,6-7H2,(H,17,18)(H,19,20). The highest BCUT2D eigenvalue weighted by molar-refractivity contribution is 5.97. The van der Waals surface area contributed by atoms with Crippen LogP contribution >= 0.6 is 0 Å². The number of rotatable bonds is 2. The van der Waals surface area contributed by atoms with Crippen LogP contribution in [0.5, 0.6) is 0 Å². The molecule has 1 amide bonds. The number of aromatic nitrogens is 2. The highest BCUT2D eigenvalue weighted by Crippen LogP contribution is 2.28. The quantitative estimate of drug-likeness (QED) is 0.878. The molecule has 1 aliphatic carbocycles. The number of amides is 1. The molecule has 0 radical (unpaired) electrons. The largest absolute Gasteiger partial charge is 0.345 e. The van der Waals surface area contributed by atoms with E-state index in [1.165, 1.54) is 0 Å². The lowest BCUT2D eigenvalue weighted by Crippen LogP contribution is -2.48. The lowest BCUT2D eigenvalue weighted by molar-refractivity contribution is 0.0903. The number of imidazole rings is 1. The van der Waals surface area contributed by atoms with Crippen LogP contribution in [0.1, 0.15) is 42.5 Å². The minimum Gasteiger partial charge on any atom is -0.345 e. The predicted octanol–water partition coefficient (Wildman–Crippen LogP) is 2.52. The first kappa shape index (κ1) is 12.7. The van der Waals surface area contributed by atoms with Gasteiger partial charge in [-0.3, -0.25) is 4.79 Å². The first-order valence-corrected chi connectivity index (χ1v) is 6.89. The Morgan fingerprint density at radius 3 is 2.90 bits per heavy atom. The molecule has 0 spiro atoms. The maximum absolute atomic E-state index is 12.3. The SMILES string of the molecule is N#CC1(NC(=O)c2ccc3nc[nH]c3c2)CCCCC1. The summed E-state index contributed by atoms with van der Waals surface area (Å²) in [4.78, 5) is 19.5. The molecule has 1 aliphatic rings. The molecule has 2 aromatic rings. The topological polar surface area (TPSA) is 81.6 Å². The van der Waals surface area contributed by atoms with Crippen LogP contribution in [0, 0.1) is 11.3 Å². The molecule has 0 unspecified atom stereocenters. The van der Waals surface area contributed by atoms with Crippen LogP contribution in [-0.2, 0) is 0 Å². The number of aromatic amines is 1. The van der Waals surface area contributed by atoms with Gasteiger partial charge in [-0.05, 0) is 31.0 Å². The fourth-order valence-corrected chi connectivity index (χ4v) is 2.79. The monoisotopic (exact) mass is 268 g/mol. The molecule has 1 heterocycles. The lowest BCUT2D eigenvalue weighted by atomic mass is 9.82. The molecule has 0 aliphatic heterocycles. The Morgan fingerprint density at radius 1 is 1.35 bits per heavy atom. The van der Waals surface area contributed by atoms with Gasteiger partial charge in [0.15, 0.2) is 0 Å². The second-order valence-electron chi connectivity index (χ2n) is 5.34. The zero-order valence-corrected chi connectivity index (χ0v) is 11.1. The van der Waals surface area contributed by atoms with Crippen molar-refractivity contribution in [2.75, 3.05) is 0 Å². The number of nitriles is 1. The molecule has 0 atom stereocenters.